The van der Waals surface area contributed by atoms with Gasteiger partial charge in [0, 0.05) is 12.8 Å². The van der Waals surface area contributed by atoms with Gasteiger partial charge in [0.25, 0.3) is 0 Å². The highest BCUT2D eigenvalue weighted by Crippen LogP contribution is 2.23. The van der Waals surface area contributed by atoms with E-state index in [9.17, 15) is 4.79 Å². The molecule has 0 bridgehead atoms. The summed E-state index contributed by atoms with van der Waals surface area (Å²) in [4.78, 5) is 12.4. The van der Waals surface area contributed by atoms with Crippen LogP contribution in [0.4, 0.5) is 0 Å². The maximum absolute atomic E-state index is 12.4. The Morgan fingerprint density at radius 2 is 2.38 bits per heavy atom. The molecule has 1 fully saturated rings. The molecule has 2 atom stereocenters. The number of amides is 1. The van der Waals surface area contributed by atoms with E-state index in [0.717, 1.165) is 37.3 Å². The number of carbonyl (C=O) groups excluding carboxylic acids is 1. The quantitative estimate of drug-likeness (QED) is 0.927. The fraction of sp³-hybridized carbons (Fsp3) is 0.533. The number of rotatable bonds is 4. The van der Waals surface area contributed by atoms with Crippen LogP contribution in [0.25, 0.3) is 5.65 Å². The minimum atomic E-state index is -0.0528. The number of nitrogens with one attached hydrogen (secondary N) is 1. The maximum Gasteiger partial charge on any atom is 0.226 e. The van der Waals surface area contributed by atoms with Crippen LogP contribution in [0.15, 0.2) is 24.4 Å². The van der Waals surface area contributed by atoms with Gasteiger partial charge in [0.15, 0.2) is 11.5 Å². The van der Waals surface area contributed by atoms with Crippen molar-refractivity contribution in [1.82, 2.24) is 19.9 Å². The first-order valence-corrected chi connectivity index (χ1v) is 7.47. The van der Waals surface area contributed by atoms with E-state index in [2.05, 4.69) is 22.4 Å². The third kappa shape index (κ3) is 2.90. The number of ether oxygens (including phenoxy) is 1. The molecule has 0 saturated carbocycles. The predicted octanol–water partition coefficient (Wildman–Crippen LogP) is 1.55. The highest BCUT2D eigenvalue weighted by Gasteiger charge is 2.30. The smallest absolute Gasteiger partial charge is 0.226 e. The third-order valence-corrected chi connectivity index (χ3v) is 3.98. The summed E-state index contributed by atoms with van der Waals surface area (Å²) in [7, 11) is 0. The van der Waals surface area contributed by atoms with Crippen molar-refractivity contribution in [2.24, 2.45) is 5.92 Å². The highest BCUT2D eigenvalue weighted by atomic mass is 16.5. The summed E-state index contributed by atoms with van der Waals surface area (Å²) >= 11 is 0. The molecule has 2 aromatic rings. The largest absolute Gasteiger partial charge is 0.377 e. The van der Waals surface area contributed by atoms with Gasteiger partial charge >= 0.3 is 0 Å². The van der Waals surface area contributed by atoms with Crippen LogP contribution in [0.2, 0.25) is 0 Å². The summed E-state index contributed by atoms with van der Waals surface area (Å²) in [6.07, 6.45) is 4.64. The molecule has 2 aromatic heterocycles. The van der Waals surface area contributed by atoms with E-state index in [0.29, 0.717) is 6.54 Å². The average Bonchev–Trinajstić information content (AvgIpc) is 2.96. The van der Waals surface area contributed by atoms with Crippen molar-refractivity contribution in [2.45, 2.75) is 38.8 Å². The van der Waals surface area contributed by atoms with Gasteiger partial charge in [0.2, 0.25) is 5.91 Å². The van der Waals surface area contributed by atoms with E-state index in [4.69, 9.17) is 4.74 Å². The van der Waals surface area contributed by atoms with E-state index < -0.39 is 0 Å². The molecule has 0 unspecified atom stereocenters. The van der Waals surface area contributed by atoms with Gasteiger partial charge in [-0.3, -0.25) is 9.20 Å². The van der Waals surface area contributed by atoms with Crippen molar-refractivity contribution < 1.29 is 9.53 Å². The van der Waals surface area contributed by atoms with E-state index in [-0.39, 0.29) is 17.9 Å². The van der Waals surface area contributed by atoms with Gasteiger partial charge in [-0.05, 0) is 31.4 Å². The second kappa shape index (κ2) is 6.22. The Hall–Kier alpha value is -1.95. The van der Waals surface area contributed by atoms with Gasteiger partial charge in [-0.15, -0.1) is 10.2 Å². The van der Waals surface area contributed by atoms with Crippen LogP contribution >= 0.6 is 0 Å². The van der Waals surface area contributed by atoms with Crippen LogP contribution in [-0.2, 0) is 16.1 Å². The Bertz CT molecular complexity index is 625. The van der Waals surface area contributed by atoms with Crippen molar-refractivity contribution in [3.63, 3.8) is 0 Å². The highest BCUT2D eigenvalue weighted by molar-refractivity contribution is 5.79. The van der Waals surface area contributed by atoms with Gasteiger partial charge in [-0.1, -0.05) is 13.0 Å². The molecule has 6 heteroatoms. The second-order valence-electron chi connectivity index (χ2n) is 5.33. The Kier molecular flexibility index (Phi) is 4.15. The molecular formula is C15H20N4O2. The Morgan fingerprint density at radius 3 is 3.24 bits per heavy atom. The molecule has 1 N–H and O–H groups in total. The summed E-state index contributed by atoms with van der Waals surface area (Å²) in [6.45, 7) is 3.20. The molecule has 21 heavy (non-hydrogen) atoms. The summed E-state index contributed by atoms with van der Waals surface area (Å²) in [5, 5.41) is 11.2. The van der Waals surface area contributed by atoms with Crippen molar-refractivity contribution >= 4 is 11.6 Å². The van der Waals surface area contributed by atoms with E-state index >= 15 is 0 Å². The number of pyridine rings is 1. The lowest BCUT2D eigenvalue weighted by atomic mass is 9.92. The number of hydrogen-bond donors (Lipinski definition) is 1. The van der Waals surface area contributed by atoms with Crippen LogP contribution in [0.5, 0.6) is 0 Å². The van der Waals surface area contributed by atoms with Gasteiger partial charge in [0.05, 0.1) is 18.6 Å². The van der Waals surface area contributed by atoms with Crippen LogP contribution in [-0.4, -0.2) is 33.2 Å². The lowest BCUT2D eigenvalue weighted by Gasteiger charge is -2.29. The summed E-state index contributed by atoms with van der Waals surface area (Å²) in [6, 6.07) is 5.72. The first kappa shape index (κ1) is 14.0. The summed E-state index contributed by atoms with van der Waals surface area (Å²) < 4.78 is 7.56. The molecule has 1 amide bonds. The Labute approximate surface area is 123 Å². The fourth-order valence-corrected chi connectivity index (χ4v) is 2.85. The molecule has 3 rings (SSSR count). The fourth-order valence-electron chi connectivity index (χ4n) is 2.85. The van der Waals surface area contributed by atoms with Gasteiger partial charge < -0.3 is 10.1 Å². The number of aromatic nitrogens is 3. The molecule has 1 saturated heterocycles. The molecule has 0 aliphatic carbocycles. The van der Waals surface area contributed by atoms with Gasteiger partial charge in [0.1, 0.15) is 0 Å². The minimum Gasteiger partial charge on any atom is -0.377 e. The van der Waals surface area contributed by atoms with Crippen LogP contribution in [0.3, 0.4) is 0 Å². The molecule has 3 heterocycles. The monoisotopic (exact) mass is 288 g/mol. The zero-order valence-electron chi connectivity index (χ0n) is 12.2. The molecule has 0 spiro atoms. The van der Waals surface area contributed by atoms with E-state index in [1.165, 1.54) is 0 Å². The SMILES string of the molecule is CC[C@H]1OCCC[C@H]1C(=O)NCc1nnc2ccccn12. The van der Waals surface area contributed by atoms with Gasteiger partial charge in [-0.2, -0.15) is 0 Å². The summed E-state index contributed by atoms with van der Waals surface area (Å²) in [5.74, 6) is 0.737. The minimum absolute atomic E-state index is 0.0360. The maximum atomic E-state index is 12.4. The number of nitrogens with zero attached hydrogens (tertiary/aromatic N) is 3. The zero-order chi connectivity index (χ0) is 14.7. The van der Waals surface area contributed by atoms with Crippen molar-refractivity contribution in [3.8, 4) is 0 Å². The molecule has 112 valence electrons. The molecule has 0 aromatic carbocycles. The van der Waals surface area contributed by atoms with E-state index in [1.807, 2.05) is 28.8 Å². The standard InChI is InChI=1S/C15H20N4O2/c1-2-12-11(6-5-9-21-12)15(20)16-10-14-18-17-13-7-3-4-8-19(13)14/h3-4,7-8,11-12H,2,5-6,9-10H2,1H3,(H,16,20)/t11-,12-/m1/s1. The lowest BCUT2D eigenvalue weighted by Crippen LogP contribution is -2.41. The van der Waals surface area contributed by atoms with Crippen LogP contribution in [0.1, 0.15) is 32.0 Å². The molecule has 0 radical (unpaired) electrons. The first-order valence-electron chi connectivity index (χ1n) is 7.47. The molecular weight excluding hydrogens is 268 g/mol. The summed E-state index contributed by atoms with van der Waals surface area (Å²) in [5.41, 5.74) is 0.786. The van der Waals surface area contributed by atoms with Crippen LogP contribution < -0.4 is 5.32 Å². The zero-order valence-corrected chi connectivity index (χ0v) is 12.2. The second-order valence-corrected chi connectivity index (χ2v) is 5.33. The molecule has 6 nitrogen and oxygen atoms in total. The van der Waals surface area contributed by atoms with Gasteiger partial charge in [-0.25, -0.2) is 0 Å². The predicted molar refractivity (Wildman–Crippen MR) is 77.6 cm³/mol. The number of fused-ring (bicyclic) bond motifs is 1. The number of hydrogen-bond acceptors (Lipinski definition) is 4. The average molecular weight is 288 g/mol. The molecule has 1 aliphatic heterocycles. The normalized spacial score (nSPS) is 22.3. The number of carbonyl (C=O) groups is 1. The Balaban J connectivity index is 1.65. The topological polar surface area (TPSA) is 68.5 Å². The lowest BCUT2D eigenvalue weighted by molar-refractivity contribution is -0.134. The third-order valence-electron chi connectivity index (χ3n) is 3.98. The van der Waals surface area contributed by atoms with Crippen LogP contribution in [0, 0.1) is 5.92 Å². The van der Waals surface area contributed by atoms with Crippen molar-refractivity contribution in [1.29, 1.82) is 0 Å². The first-order chi connectivity index (χ1) is 10.3. The molecule has 1 aliphatic rings. The van der Waals surface area contributed by atoms with E-state index in [1.54, 1.807) is 0 Å². The van der Waals surface area contributed by atoms with Crippen molar-refractivity contribution in [2.75, 3.05) is 6.61 Å². The van der Waals surface area contributed by atoms with Crippen molar-refractivity contribution in [3.05, 3.63) is 30.2 Å². The Morgan fingerprint density at radius 1 is 1.48 bits per heavy atom.